The fourth-order valence-corrected chi connectivity index (χ4v) is 4.01. The number of amides is 1. The van der Waals surface area contributed by atoms with Crippen LogP contribution in [0.3, 0.4) is 0 Å². The topological polar surface area (TPSA) is 81.7 Å². The van der Waals surface area contributed by atoms with E-state index in [9.17, 15) is 13.2 Å². The summed E-state index contributed by atoms with van der Waals surface area (Å²) in [5, 5.41) is 2.78. The quantitative estimate of drug-likeness (QED) is 0.780. The molecule has 25 heavy (non-hydrogen) atoms. The number of nitrogens with one attached hydrogen (secondary N) is 1. The number of fused-ring (bicyclic) bond motifs is 1. The van der Waals surface area contributed by atoms with Crippen molar-refractivity contribution in [3.8, 4) is 11.5 Å². The van der Waals surface area contributed by atoms with E-state index in [1.165, 1.54) is 18.2 Å². The lowest BCUT2D eigenvalue weighted by atomic mass is 10.2. The molecule has 0 unspecified atom stereocenters. The Morgan fingerprint density at radius 1 is 1.16 bits per heavy atom. The molecule has 0 saturated heterocycles. The highest BCUT2D eigenvalue weighted by atomic mass is 79.9. The van der Waals surface area contributed by atoms with E-state index in [2.05, 4.69) is 21.2 Å². The standard InChI is InChI=1S/C16H13BrClNO5S/c1-25(21,22)15-6-9(2-3-11(15)18)16(20)19-12-8-14-13(7-10(12)17)23-4-5-24-14/h2-3,6-8H,4-5H2,1H3,(H,19,20). The molecule has 1 amide bonds. The van der Waals surface area contributed by atoms with Crippen LogP contribution < -0.4 is 14.8 Å². The third-order valence-corrected chi connectivity index (χ3v) is 5.71. The fraction of sp³-hybridized carbons (Fsp3) is 0.188. The number of carbonyl (C=O) groups excluding carboxylic acids is 1. The van der Waals surface area contributed by atoms with Crippen molar-refractivity contribution in [2.45, 2.75) is 4.90 Å². The summed E-state index contributed by atoms with van der Waals surface area (Å²) in [4.78, 5) is 12.4. The number of hydrogen-bond acceptors (Lipinski definition) is 5. The third kappa shape index (κ3) is 3.91. The van der Waals surface area contributed by atoms with Crippen molar-refractivity contribution in [1.29, 1.82) is 0 Å². The van der Waals surface area contributed by atoms with E-state index in [0.29, 0.717) is 34.9 Å². The normalized spacial score (nSPS) is 13.4. The van der Waals surface area contributed by atoms with Gasteiger partial charge in [0.25, 0.3) is 5.91 Å². The second-order valence-corrected chi connectivity index (χ2v) is 8.59. The lowest BCUT2D eigenvalue weighted by Gasteiger charge is -2.20. The van der Waals surface area contributed by atoms with E-state index in [0.717, 1.165) is 6.26 Å². The fourth-order valence-electron chi connectivity index (χ4n) is 2.28. The number of ether oxygens (including phenoxy) is 2. The molecule has 0 aliphatic carbocycles. The molecule has 1 heterocycles. The van der Waals surface area contributed by atoms with Crippen LogP contribution in [0.4, 0.5) is 5.69 Å². The monoisotopic (exact) mass is 445 g/mol. The van der Waals surface area contributed by atoms with Gasteiger partial charge in [0.15, 0.2) is 21.3 Å². The summed E-state index contributed by atoms with van der Waals surface area (Å²) < 4.78 is 35.1. The van der Waals surface area contributed by atoms with E-state index in [1.807, 2.05) is 0 Å². The predicted molar refractivity (Wildman–Crippen MR) is 97.6 cm³/mol. The SMILES string of the molecule is CS(=O)(=O)c1cc(C(=O)Nc2cc3c(cc2Br)OCCO3)ccc1Cl. The van der Waals surface area contributed by atoms with E-state index in [4.69, 9.17) is 21.1 Å². The smallest absolute Gasteiger partial charge is 0.255 e. The summed E-state index contributed by atoms with van der Waals surface area (Å²) >= 11 is 9.27. The van der Waals surface area contributed by atoms with Gasteiger partial charge in [-0.15, -0.1) is 0 Å². The lowest BCUT2D eigenvalue weighted by Crippen LogP contribution is -2.17. The zero-order valence-corrected chi connectivity index (χ0v) is 16.2. The van der Waals surface area contributed by atoms with Crippen LogP contribution in [0.25, 0.3) is 0 Å². The van der Waals surface area contributed by atoms with E-state index in [-0.39, 0.29) is 15.5 Å². The van der Waals surface area contributed by atoms with Gasteiger partial charge >= 0.3 is 0 Å². The van der Waals surface area contributed by atoms with Crippen LogP contribution in [-0.2, 0) is 9.84 Å². The average Bonchev–Trinajstić information content (AvgIpc) is 2.54. The van der Waals surface area contributed by atoms with Gasteiger partial charge in [0, 0.05) is 28.4 Å². The number of carbonyl (C=O) groups is 1. The summed E-state index contributed by atoms with van der Waals surface area (Å²) in [7, 11) is -3.54. The van der Waals surface area contributed by atoms with Gasteiger partial charge < -0.3 is 14.8 Å². The Hall–Kier alpha value is -1.77. The highest BCUT2D eigenvalue weighted by Gasteiger charge is 2.19. The molecule has 6 nitrogen and oxygen atoms in total. The first-order valence-electron chi connectivity index (χ1n) is 7.16. The Bertz CT molecular complexity index is 961. The maximum absolute atomic E-state index is 12.5. The van der Waals surface area contributed by atoms with Crippen LogP contribution in [0.5, 0.6) is 11.5 Å². The number of benzene rings is 2. The van der Waals surface area contributed by atoms with Crippen molar-refractivity contribution in [3.05, 3.63) is 45.4 Å². The summed E-state index contributed by atoms with van der Waals surface area (Å²) in [6, 6.07) is 7.43. The molecule has 132 valence electrons. The lowest BCUT2D eigenvalue weighted by molar-refractivity contribution is 0.102. The van der Waals surface area contributed by atoms with Gasteiger partial charge in [-0.25, -0.2) is 8.42 Å². The summed E-state index contributed by atoms with van der Waals surface area (Å²) in [6.45, 7) is 0.890. The predicted octanol–water partition coefficient (Wildman–Crippen LogP) is 3.53. The highest BCUT2D eigenvalue weighted by molar-refractivity contribution is 9.10. The molecule has 3 rings (SSSR count). The summed E-state index contributed by atoms with van der Waals surface area (Å²) in [5.41, 5.74) is 0.650. The first kappa shape index (κ1) is 18.0. The van der Waals surface area contributed by atoms with E-state index in [1.54, 1.807) is 12.1 Å². The first-order valence-corrected chi connectivity index (χ1v) is 10.2. The van der Waals surface area contributed by atoms with Crippen molar-refractivity contribution in [2.24, 2.45) is 0 Å². The first-order chi connectivity index (χ1) is 11.8. The van der Waals surface area contributed by atoms with Crippen LogP contribution in [-0.4, -0.2) is 33.8 Å². The highest BCUT2D eigenvalue weighted by Crippen LogP contribution is 2.38. The number of hydrogen-bond donors (Lipinski definition) is 1. The minimum atomic E-state index is -3.54. The Morgan fingerprint density at radius 2 is 1.80 bits per heavy atom. The van der Waals surface area contributed by atoms with Crippen molar-refractivity contribution in [2.75, 3.05) is 24.8 Å². The molecule has 0 spiro atoms. The molecule has 0 radical (unpaired) electrons. The summed E-state index contributed by atoms with van der Waals surface area (Å²) in [5.74, 6) is 0.638. The Balaban J connectivity index is 1.91. The van der Waals surface area contributed by atoms with Gasteiger partial charge in [-0.3, -0.25) is 4.79 Å². The maximum atomic E-state index is 12.5. The molecule has 1 N–H and O–H groups in total. The van der Waals surface area contributed by atoms with Crippen LogP contribution in [0.2, 0.25) is 5.02 Å². The third-order valence-electron chi connectivity index (χ3n) is 3.47. The molecule has 0 saturated carbocycles. The van der Waals surface area contributed by atoms with Crippen molar-refractivity contribution in [3.63, 3.8) is 0 Å². The second-order valence-electron chi connectivity index (χ2n) is 5.35. The largest absolute Gasteiger partial charge is 0.486 e. The Kier molecular flexibility index (Phi) is 4.95. The van der Waals surface area contributed by atoms with Gasteiger partial charge in [0.1, 0.15) is 13.2 Å². The zero-order valence-electron chi connectivity index (χ0n) is 13.0. The average molecular weight is 447 g/mol. The molecule has 0 aromatic heterocycles. The summed E-state index contributed by atoms with van der Waals surface area (Å²) in [6.07, 6.45) is 1.04. The van der Waals surface area contributed by atoms with Crippen molar-refractivity contribution >= 4 is 49.0 Å². The molecule has 0 fully saturated rings. The van der Waals surface area contributed by atoms with Crippen LogP contribution in [0, 0.1) is 0 Å². The van der Waals surface area contributed by atoms with Gasteiger partial charge in [-0.2, -0.15) is 0 Å². The van der Waals surface area contributed by atoms with Crippen LogP contribution in [0.1, 0.15) is 10.4 Å². The second kappa shape index (κ2) is 6.86. The van der Waals surface area contributed by atoms with E-state index < -0.39 is 15.7 Å². The number of halogens is 2. The molecule has 1 aliphatic heterocycles. The van der Waals surface area contributed by atoms with Gasteiger partial charge in [-0.05, 0) is 34.1 Å². The molecular formula is C16H13BrClNO5S. The van der Waals surface area contributed by atoms with Gasteiger partial charge in [-0.1, -0.05) is 11.6 Å². The molecule has 1 aliphatic rings. The Morgan fingerprint density at radius 3 is 2.44 bits per heavy atom. The molecule has 2 aromatic carbocycles. The number of rotatable bonds is 3. The van der Waals surface area contributed by atoms with Crippen LogP contribution in [0.15, 0.2) is 39.7 Å². The van der Waals surface area contributed by atoms with Crippen molar-refractivity contribution in [1.82, 2.24) is 0 Å². The van der Waals surface area contributed by atoms with E-state index >= 15 is 0 Å². The number of anilines is 1. The minimum Gasteiger partial charge on any atom is -0.486 e. The van der Waals surface area contributed by atoms with Crippen LogP contribution >= 0.6 is 27.5 Å². The molecule has 0 atom stereocenters. The van der Waals surface area contributed by atoms with Crippen molar-refractivity contribution < 1.29 is 22.7 Å². The molecule has 0 bridgehead atoms. The van der Waals surface area contributed by atoms with Gasteiger partial charge in [0.2, 0.25) is 0 Å². The Labute approximate surface area is 158 Å². The minimum absolute atomic E-state index is 0.0690. The number of sulfone groups is 1. The zero-order chi connectivity index (χ0) is 18.2. The molecule has 9 heteroatoms. The molecule has 2 aromatic rings. The van der Waals surface area contributed by atoms with Gasteiger partial charge in [0.05, 0.1) is 15.6 Å². The molecular weight excluding hydrogens is 434 g/mol. The maximum Gasteiger partial charge on any atom is 0.255 e.